The highest BCUT2D eigenvalue weighted by atomic mass is 19.1. The van der Waals surface area contributed by atoms with Gasteiger partial charge in [-0.3, -0.25) is 4.79 Å². The van der Waals surface area contributed by atoms with E-state index in [1.54, 1.807) is 31.2 Å². The predicted molar refractivity (Wildman–Crippen MR) is 116 cm³/mol. The molecular formula is C25H20F2N2O3. The van der Waals surface area contributed by atoms with E-state index >= 15 is 0 Å². The van der Waals surface area contributed by atoms with Gasteiger partial charge in [-0.05, 0) is 62.4 Å². The molecule has 0 aliphatic carbocycles. The van der Waals surface area contributed by atoms with E-state index in [0.29, 0.717) is 22.9 Å². The highest BCUT2D eigenvalue weighted by Gasteiger charge is 2.14. The lowest BCUT2D eigenvalue weighted by Gasteiger charge is -2.07. The van der Waals surface area contributed by atoms with Crippen molar-refractivity contribution < 1.29 is 22.7 Å². The Morgan fingerprint density at radius 2 is 1.72 bits per heavy atom. The first-order chi connectivity index (χ1) is 15.4. The fourth-order valence-electron chi connectivity index (χ4n) is 3.02. The third-order valence-electron chi connectivity index (χ3n) is 4.86. The molecule has 1 heterocycles. The van der Waals surface area contributed by atoms with Gasteiger partial charge in [0, 0.05) is 17.2 Å². The summed E-state index contributed by atoms with van der Waals surface area (Å²) < 4.78 is 38.6. The van der Waals surface area contributed by atoms with E-state index in [2.05, 4.69) is 10.3 Å². The first-order valence-corrected chi connectivity index (χ1v) is 9.91. The van der Waals surface area contributed by atoms with Gasteiger partial charge in [-0.2, -0.15) is 0 Å². The number of aryl methyl sites for hydroxylation is 2. The number of benzene rings is 3. The number of carbonyl (C=O) groups is 1. The molecule has 3 aromatic carbocycles. The molecule has 5 nitrogen and oxygen atoms in total. The molecule has 0 saturated heterocycles. The Kier molecular flexibility index (Phi) is 5.98. The lowest BCUT2D eigenvalue weighted by molar-refractivity contribution is 0.102. The molecule has 1 amide bonds. The van der Waals surface area contributed by atoms with Crippen LogP contribution in [-0.4, -0.2) is 10.9 Å². The molecule has 162 valence electrons. The smallest absolute Gasteiger partial charge is 0.255 e. The van der Waals surface area contributed by atoms with Gasteiger partial charge in [-0.1, -0.05) is 17.7 Å². The van der Waals surface area contributed by atoms with Crippen molar-refractivity contribution in [3.8, 4) is 17.2 Å². The molecule has 1 aromatic heterocycles. The molecule has 0 atom stereocenters. The van der Waals surface area contributed by atoms with Crippen LogP contribution in [0.2, 0.25) is 0 Å². The van der Waals surface area contributed by atoms with Crippen molar-refractivity contribution in [2.24, 2.45) is 0 Å². The van der Waals surface area contributed by atoms with Gasteiger partial charge in [0.2, 0.25) is 5.89 Å². The van der Waals surface area contributed by atoms with Crippen LogP contribution in [0.25, 0.3) is 11.5 Å². The fourth-order valence-corrected chi connectivity index (χ4v) is 3.02. The molecule has 4 rings (SSSR count). The second-order valence-corrected chi connectivity index (χ2v) is 7.28. The van der Waals surface area contributed by atoms with Crippen molar-refractivity contribution in [1.29, 1.82) is 0 Å². The number of hydrogen-bond donors (Lipinski definition) is 1. The average molecular weight is 434 g/mol. The van der Waals surface area contributed by atoms with E-state index in [9.17, 15) is 13.6 Å². The van der Waals surface area contributed by atoms with Crippen molar-refractivity contribution in [2.75, 3.05) is 5.32 Å². The van der Waals surface area contributed by atoms with Crippen molar-refractivity contribution in [3.05, 3.63) is 101 Å². The van der Waals surface area contributed by atoms with Gasteiger partial charge in [-0.25, -0.2) is 13.8 Å². The molecule has 7 heteroatoms. The van der Waals surface area contributed by atoms with Gasteiger partial charge in [0.25, 0.3) is 5.91 Å². The van der Waals surface area contributed by atoms with Gasteiger partial charge >= 0.3 is 0 Å². The minimum atomic E-state index is -0.716. The SMILES string of the molecule is Cc1ccc(OCc2nc(-c3ccc(C(=O)Nc4cc(F)ccc4F)cc3)oc2C)cc1. The van der Waals surface area contributed by atoms with Gasteiger partial charge in [-0.15, -0.1) is 0 Å². The topological polar surface area (TPSA) is 64.4 Å². The standard InChI is InChI=1S/C25H20F2N2O3/c1-15-3-10-20(11-4-15)31-14-23-16(2)32-25(29-23)18-7-5-17(6-8-18)24(30)28-22-13-19(26)9-12-21(22)27/h3-13H,14H2,1-2H3,(H,28,30). The van der Waals surface area contributed by atoms with Crippen molar-refractivity contribution in [3.63, 3.8) is 0 Å². The summed E-state index contributed by atoms with van der Waals surface area (Å²) in [6.45, 7) is 4.07. The number of nitrogens with zero attached hydrogens (tertiary/aromatic N) is 1. The highest BCUT2D eigenvalue weighted by Crippen LogP contribution is 2.24. The molecule has 32 heavy (non-hydrogen) atoms. The molecule has 0 unspecified atom stereocenters. The van der Waals surface area contributed by atoms with Crippen molar-refractivity contribution in [1.82, 2.24) is 4.98 Å². The zero-order valence-electron chi connectivity index (χ0n) is 17.5. The Morgan fingerprint density at radius 1 is 1.00 bits per heavy atom. The number of anilines is 1. The quantitative estimate of drug-likeness (QED) is 0.400. The summed E-state index contributed by atoms with van der Waals surface area (Å²) in [6, 6.07) is 17.1. The monoisotopic (exact) mass is 434 g/mol. The first-order valence-electron chi connectivity index (χ1n) is 9.91. The molecule has 0 radical (unpaired) electrons. The minimum absolute atomic E-state index is 0.222. The normalized spacial score (nSPS) is 10.8. The summed E-state index contributed by atoms with van der Waals surface area (Å²) in [5.41, 5.74) is 2.55. The van der Waals surface area contributed by atoms with Crippen LogP contribution in [0, 0.1) is 25.5 Å². The molecule has 0 saturated carbocycles. The van der Waals surface area contributed by atoms with Crippen LogP contribution in [0.15, 0.2) is 71.1 Å². The number of nitrogens with one attached hydrogen (secondary N) is 1. The maximum absolute atomic E-state index is 13.7. The predicted octanol–water partition coefficient (Wildman–Crippen LogP) is 6.07. The zero-order valence-corrected chi connectivity index (χ0v) is 17.5. The van der Waals surface area contributed by atoms with Gasteiger partial charge < -0.3 is 14.5 Å². The summed E-state index contributed by atoms with van der Waals surface area (Å²) in [4.78, 5) is 16.9. The number of ether oxygens (including phenoxy) is 1. The number of amides is 1. The van der Waals surface area contributed by atoms with E-state index < -0.39 is 17.5 Å². The largest absolute Gasteiger partial charge is 0.487 e. The Balaban J connectivity index is 1.44. The number of carbonyl (C=O) groups excluding carboxylic acids is 1. The lowest BCUT2D eigenvalue weighted by atomic mass is 10.1. The van der Waals surface area contributed by atoms with Crippen molar-refractivity contribution in [2.45, 2.75) is 20.5 Å². The Bertz CT molecular complexity index is 1250. The molecule has 1 N–H and O–H groups in total. The maximum atomic E-state index is 13.7. The van der Waals surface area contributed by atoms with E-state index in [1.807, 2.05) is 31.2 Å². The van der Waals surface area contributed by atoms with Crippen LogP contribution in [0.1, 0.15) is 27.4 Å². The summed E-state index contributed by atoms with van der Waals surface area (Å²) in [6.07, 6.45) is 0. The van der Waals surface area contributed by atoms with Gasteiger partial charge in [0.05, 0.1) is 5.69 Å². The first kappa shape index (κ1) is 21.2. The second kappa shape index (κ2) is 9.01. The number of hydrogen-bond acceptors (Lipinski definition) is 4. The van der Waals surface area contributed by atoms with Crippen molar-refractivity contribution >= 4 is 11.6 Å². The number of rotatable bonds is 6. The van der Waals surface area contributed by atoms with Crippen LogP contribution in [-0.2, 0) is 6.61 Å². The summed E-state index contributed by atoms with van der Waals surface area (Å²) in [5.74, 6) is -0.143. The minimum Gasteiger partial charge on any atom is -0.487 e. The number of halogens is 2. The van der Waals surface area contributed by atoms with Gasteiger partial charge in [0.1, 0.15) is 35.4 Å². The van der Waals surface area contributed by atoms with Crippen LogP contribution in [0.3, 0.4) is 0 Å². The van der Waals surface area contributed by atoms with E-state index in [4.69, 9.17) is 9.15 Å². The molecule has 0 fully saturated rings. The maximum Gasteiger partial charge on any atom is 0.255 e. The second-order valence-electron chi connectivity index (χ2n) is 7.28. The Hall–Kier alpha value is -4.00. The summed E-state index contributed by atoms with van der Waals surface area (Å²) in [7, 11) is 0. The molecule has 0 aliphatic heterocycles. The molecule has 0 spiro atoms. The third kappa shape index (κ3) is 4.83. The summed E-state index contributed by atoms with van der Waals surface area (Å²) >= 11 is 0. The zero-order chi connectivity index (χ0) is 22.7. The molecule has 4 aromatic rings. The molecule has 0 aliphatic rings. The molecular weight excluding hydrogens is 414 g/mol. The lowest BCUT2D eigenvalue weighted by Crippen LogP contribution is -2.13. The highest BCUT2D eigenvalue weighted by molar-refractivity contribution is 6.04. The van der Waals surface area contributed by atoms with Crippen LogP contribution in [0.5, 0.6) is 5.75 Å². The fraction of sp³-hybridized carbons (Fsp3) is 0.120. The van der Waals surface area contributed by atoms with Crippen LogP contribution in [0.4, 0.5) is 14.5 Å². The number of oxazole rings is 1. The van der Waals surface area contributed by atoms with Crippen LogP contribution >= 0.6 is 0 Å². The van der Waals surface area contributed by atoms with Crippen LogP contribution < -0.4 is 10.1 Å². The number of aromatic nitrogens is 1. The van der Waals surface area contributed by atoms with Gasteiger partial charge in [0.15, 0.2) is 0 Å². The Morgan fingerprint density at radius 3 is 2.44 bits per heavy atom. The van der Waals surface area contributed by atoms with E-state index in [-0.39, 0.29) is 17.9 Å². The molecule has 0 bridgehead atoms. The van der Waals surface area contributed by atoms with E-state index in [1.165, 1.54) is 0 Å². The third-order valence-corrected chi connectivity index (χ3v) is 4.86. The van der Waals surface area contributed by atoms with E-state index in [0.717, 1.165) is 29.5 Å². The Labute approximate surface area is 183 Å². The summed E-state index contributed by atoms with van der Waals surface area (Å²) in [5, 5.41) is 2.37. The average Bonchev–Trinajstić information content (AvgIpc) is 3.16.